The van der Waals surface area contributed by atoms with Crippen LogP contribution in [0.2, 0.25) is 0 Å². The van der Waals surface area contributed by atoms with Gasteiger partial charge in [-0.3, -0.25) is 0 Å². The smallest absolute Gasteiger partial charge is 0.0511 e. The highest BCUT2D eigenvalue weighted by Crippen LogP contribution is 2.28. The molecule has 4 heteroatoms. The van der Waals surface area contributed by atoms with Gasteiger partial charge in [0.1, 0.15) is 0 Å². The molecule has 1 aromatic carbocycles. The summed E-state index contributed by atoms with van der Waals surface area (Å²) in [7, 11) is 2.19. The molecule has 0 amide bonds. The van der Waals surface area contributed by atoms with Crippen molar-refractivity contribution in [3.05, 3.63) is 28.2 Å². The zero-order valence-corrected chi connectivity index (χ0v) is 13.3. The summed E-state index contributed by atoms with van der Waals surface area (Å²) in [6.45, 7) is 5.30. The largest absolute Gasteiger partial charge is 0.368 e. The summed E-state index contributed by atoms with van der Waals surface area (Å²) in [4.78, 5) is 4.85. The highest BCUT2D eigenvalue weighted by molar-refractivity contribution is 9.10. The van der Waals surface area contributed by atoms with E-state index in [1.807, 2.05) is 0 Å². The van der Waals surface area contributed by atoms with E-state index in [0.29, 0.717) is 0 Å². The number of benzene rings is 1. The Morgan fingerprint density at radius 2 is 1.89 bits per heavy atom. The number of likely N-dealkylation sites (N-methyl/N-ethyl adjacent to an activating group) is 1. The van der Waals surface area contributed by atoms with Gasteiger partial charge < -0.3 is 15.5 Å². The molecule has 0 spiro atoms. The molecule has 1 heterocycles. The van der Waals surface area contributed by atoms with Crippen molar-refractivity contribution in [2.75, 3.05) is 44.7 Å². The Labute approximate surface area is 124 Å². The maximum Gasteiger partial charge on any atom is 0.0511 e. The summed E-state index contributed by atoms with van der Waals surface area (Å²) >= 11 is 3.73. The Balaban J connectivity index is 1.98. The monoisotopic (exact) mass is 325 g/mol. The van der Waals surface area contributed by atoms with Crippen molar-refractivity contribution >= 4 is 21.6 Å². The Morgan fingerprint density at radius 3 is 2.53 bits per heavy atom. The molecule has 1 aliphatic heterocycles. The molecule has 106 valence electrons. The summed E-state index contributed by atoms with van der Waals surface area (Å²) in [6.07, 6.45) is 3.41. The van der Waals surface area contributed by atoms with Crippen LogP contribution in [0.1, 0.15) is 18.4 Å². The third kappa shape index (κ3) is 4.20. The number of aryl methyl sites for hydroxylation is 1. The summed E-state index contributed by atoms with van der Waals surface area (Å²) in [5.74, 6) is 0. The number of anilines is 1. The van der Waals surface area contributed by atoms with Crippen molar-refractivity contribution in [1.29, 1.82) is 0 Å². The van der Waals surface area contributed by atoms with Gasteiger partial charge in [0, 0.05) is 30.7 Å². The van der Waals surface area contributed by atoms with Crippen LogP contribution in [0.15, 0.2) is 22.7 Å². The average molecular weight is 326 g/mol. The minimum Gasteiger partial charge on any atom is -0.368 e. The average Bonchev–Trinajstić information content (AvgIpc) is 2.41. The molecule has 0 unspecified atom stereocenters. The van der Waals surface area contributed by atoms with Crippen molar-refractivity contribution < 1.29 is 0 Å². The molecule has 0 radical (unpaired) electrons. The zero-order chi connectivity index (χ0) is 13.7. The van der Waals surface area contributed by atoms with Gasteiger partial charge in [-0.2, -0.15) is 0 Å². The molecule has 2 rings (SSSR count). The highest BCUT2D eigenvalue weighted by atomic mass is 79.9. The van der Waals surface area contributed by atoms with Gasteiger partial charge in [-0.05, 0) is 66.5 Å². The summed E-state index contributed by atoms with van der Waals surface area (Å²) in [6, 6.07) is 6.78. The second-order valence-corrected chi connectivity index (χ2v) is 6.18. The van der Waals surface area contributed by atoms with Gasteiger partial charge in [-0.15, -0.1) is 0 Å². The van der Waals surface area contributed by atoms with Crippen molar-refractivity contribution in [2.45, 2.75) is 19.3 Å². The molecule has 19 heavy (non-hydrogen) atoms. The SMILES string of the molecule is CN1CCN(c2ccc(CCCCN)cc2Br)CC1. The lowest BCUT2D eigenvalue weighted by atomic mass is 10.1. The van der Waals surface area contributed by atoms with E-state index < -0.39 is 0 Å². The van der Waals surface area contributed by atoms with Gasteiger partial charge in [0.05, 0.1) is 5.69 Å². The first-order chi connectivity index (χ1) is 9.20. The zero-order valence-electron chi connectivity index (χ0n) is 11.7. The summed E-state index contributed by atoms with van der Waals surface area (Å²) in [5, 5.41) is 0. The predicted octanol–water partition coefficient (Wildman–Crippen LogP) is 2.48. The van der Waals surface area contributed by atoms with E-state index in [-0.39, 0.29) is 0 Å². The molecule has 1 aromatic rings. The second-order valence-electron chi connectivity index (χ2n) is 5.32. The van der Waals surface area contributed by atoms with Crippen LogP contribution in [0.5, 0.6) is 0 Å². The molecule has 0 saturated carbocycles. The minimum atomic E-state index is 0.792. The third-order valence-corrected chi connectivity index (χ3v) is 4.41. The predicted molar refractivity (Wildman–Crippen MR) is 85.8 cm³/mol. The van der Waals surface area contributed by atoms with Gasteiger partial charge in [-0.25, -0.2) is 0 Å². The third-order valence-electron chi connectivity index (χ3n) is 3.78. The highest BCUT2D eigenvalue weighted by Gasteiger charge is 2.16. The lowest BCUT2D eigenvalue weighted by Gasteiger charge is -2.34. The fraction of sp³-hybridized carbons (Fsp3) is 0.600. The lowest BCUT2D eigenvalue weighted by molar-refractivity contribution is 0.312. The van der Waals surface area contributed by atoms with E-state index >= 15 is 0 Å². The van der Waals surface area contributed by atoms with E-state index in [9.17, 15) is 0 Å². The second kappa shape index (κ2) is 7.27. The van der Waals surface area contributed by atoms with Crippen LogP contribution in [0.4, 0.5) is 5.69 Å². The standard InChI is InChI=1S/C15H24BrN3/c1-18-8-10-19(11-9-18)15-6-5-13(12-14(15)16)4-2-3-7-17/h5-6,12H,2-4,7-11,17H2,1H3. The van der Waals surface area contributed by atoms with Crippen LogP contribution in [-0.2, 0) is 6.42 Å². The van der Waals surface area contributed by atoms with Crippen LogP contribution in [0.25, 0.3) is 0 Å². The van der Waals surface area contributed by atoms with Gasteiger partial charge >= 0.3 is 0 Å². The van der Waals surface area contributed by atoms with Crippen LogP contribution in [0, 0.1) is 0 Å². The van der Waals surface area contributed by atoms with Crippen LogP contribution >= 0.6 is 15.9 Å². The number of halogens is 1. The molecule has 1 aliphatic rings. The number of piperazine rings is 1. The van der Waals surface area contributed by atoms with Crippen molar-refractivity contribution in [3.63, 3.8) is 0 Å². The van der Waals surface area contributed by atoms with E-state index in [2.05, 4.69) is 51.0 Å². The van der Waals surface area contributed by atoms with Crippen molar-refractivity contribution in [3.8, 4) is 0 Å². The first kappa shape index (κ1) is 14.8. The Morgan fingerprint density at radius 1 is 1.16 bits per heavy atom. The number of rotatable bonds is 5. The number of hydrogen-bond acceptors (Lipinski definition) is 3. The van der Waals surface area contributed by atoms with Crippen LogP contribution in [-0.4, -0.2) is 44.7 Å². The van der Waals surface area contributed by atoms with Gasteiger partial charge in [0.25, 0.3) is 0 Å². The summed E-state index contributed by atoms with van der Waals surface area (Å²) < 4.78 is 1.22. The van der Waals surface area contributed by atoms with Gasteiger partial charge in [0.15, 0.2) is 0 Å². The summed E-state index contributed by atoms with van der Waals surface area (Å²) in [5.41, 5.74) is 8.27. The number of nitrogens with two attached hydrogens (primary N) is 1. The van der Waals surface area contributed by atoms with Crippen LogP contribution < -0.4 is 10.6 Å². The number of unbranched alkanes of at least 4 members (excludes halogenated alkanes) is 1. The molecule has 1 fully saturated rings. The lowest BCUT2D eigenvalue weighted by Crippen LogP contribution is -2.44. The number of hydrogen-bond donors (Lipinski definition) is 1. The first-order valence-electron chi connectivity index (χ1n) is 7.12. The normalized spacial score (nSPS) is 16.9. The Hall–Kier alpha value is -0.580. The molecule has 0 aromatic heterocycles. The van der Waals surface area contributed by atoms with Gasteiger partial charge in [-0.1, -0.05) is 6.07 Å². The Kier molecular flexibility index (Phi) is 5.67. The maximum absolute atomic E-state index is 5.54. The van der Waals surface area contributed by atoms with E-state index in [1.54, 1.807) is 0 Å². The molecule has 0 bridgehead atoms. The van der Waals surface area contributed by atoms with Crippen molar-refractivity contribution in [2.24, 2.45) is 5.73 Å². The fourth-order valence-electron chi connectivity index (χ4n) is 2.48. The fourth-order valence-corrected chi connectivity index (χ4v) is 3.16. The first-order valence-corrected chi connectivity index (χ1v) is 7.92. The maximum atomic E-state index is 5.54. The number of nitrogens with zero attached hydrogens (tertiary/aromatic N) is 2. The molecular weight excluding hydrogens is 302 g/mol. The van der Waals surface area contributed by atoms with Crippen LogP contribution in [0.3, 0.4) is 0 Å². The van der Waals surface area contributed by atoms with E-state index in [0.717, 1.165) is 45.6 Å². The van der Waals surface area contributed by atoms with E-state index in [4.69, 9.17) is 5.73 Å². The molecule has 3 nitrogen and oxygen atoms in total. The van der Waals surface area contributed by atoms with Crippen molar-refractivity contribution in [1.82, 2.24) is 4.90 Å². The Bertz CT molecular complexity index is 400. The molecule has 2 N–H and O–H groups in total. The molecule has 0 aliphatic carbocycles. The quantitative estimate of drug-likeness (QED) is 0.844. The molecular formula is C15H24BrN3. The van der Waals surface area contributed by atoms with Gasteiger partial charge in [0.2, 0.25) is 0 Å². The topological polar surface area (TPSA) is 32.5 Å². The minimum absolute atomic E-state index is 0.792. The molecule has 0 atom stereocenters. The molecule has 1 saturated heterocycles. The van der Waals surface area contributed by atoms with E-state index in [1.165, 1.54) is 22.1 Å².